The highest BCUT2D eigenvalue weighted by Crippen LogP contribution is 2.23. The maximum atomic E-state index is 12.1. The third kappa shape index (κ3) is 4.86. The van der Waals surface area contributed by atoms with Crippen molar-refractivity contribution in [1.82, 2.24) is 14.8 Å². The first-order valence-electron chi connectivity index (χ1n) is 6.89. The summed E-state index contributed by atoms with van der Waals surface area (Å²) in [4.78, 5) is 15.3. The molecule has 0 bridgehead atoms. The van der Waals surface area contributed by atoms with Crippen molar-refractivity contribution >= 4 is 5.97 Å². The Morgan fingerprint density at radius 2 is 1.96 bits per heavy atom. The normalized spacial score (nSPS) is 12.5. The van der Waals surface area contributed by atoms with Crippen LogP contribution in [0, 0.1) is 0 Å². The van der Waals surface area contributed by atoms with Gasteiger partial charge in [-0.05, 0) is 38.1 Å². The molecule has 1 atom stereocenters. The third-order valence-corrected chi connectivity index (χ3v) is 2.71. The number of hydrogen-bond donors (Lipinski definition) is 0. The van der Waals surface area contributed by atoms with E-state index in [2.05, 4.69) is 14.8 Å². The molecule has 1 unspecified atom stereocenters. The maximum Gasteiger partial charge on any atom is 0.573 e. The molecule has 0 radical (unpaired) electrons. The number of nitrogens with zero attached hydrogens (tertiary/aromatic N) is 3. The number of ether oxygens (including phenoxy) is 3. The molecular weight excluding hydrogens is 331 g/mol. The van der Waals surface area contributed by atoms with Crippen LogP contribution < -0.4 is 9.47 Å². The Hall–Kier alpha value is -2.78. The average molecular weight is 345 g/mol. The lowest BCUT2D eigenvalue weighted by molar-refractivity contribution is -0.274. The van der Waals surface area contributed by atoms with Crippen LogP contribution in [0.3, 0.4) is 0 Å². The van der Waals surface area contributed by atoms with E-state index in [0.29, 0.717) is 5.69 Å². The molecule has 0 aliphatic rings. The summed E-state index contributed by atoms with van der Waals surface area (Å²) in [5.74, 6) is -0.902. The molecule has 1 aromatic heterocycles. The highest BCUT2D eigenvalue weighted by atomic mass is 19.4. The van der Waals surface area contributed by atoms with Gasteiger partial charge in [0.2, 0.25) is 0 Å². The van der Waals surface area contributed by atoms with Gasteiger partial charge in [0.25, 0.3) is 0 Å². The highest BCUT2D eigenvalue weighted by molar-refractivity contribution is 5.74. The SMILES string of the molecule is CCOC(=O)C(C)Oc1ncn(-c2ccc(OC(F)(F)F)cc2)n1. The van der Waals surface area contributed by atoms with E-state index in [1.54, 1.807) is 6.92 Å². The summed E-state index contributed by atoms with van der Waals surface area (Å²) < 4.78 is 51.4. The van der Waals surface area contributed by atoms with Gasteiger partial charge >= 0.3 is 18.3 Å². The summed E-state index contributed by atoms with van der Waals surface area (Å²) in [6.07, 6.45) is -4.34. The van der Waals surface area contributed by atoms with Crippen molar-refractivity contribution in [3.05, 3.63) is 30.6 Å². The minimum Gasteiger partial charge on any atom is -0.463 e. The Bertz CT molecular complexity index is 685. The van der Waals surface area contributed by atoms with Gasteiger partial charge in [0.15, 0.2) is 6.10 Å². The van der Waals surface area contributed by atoms with Gasteiger partial charge in [-0.15, -0.1) is 18.3 Å². The van der Waals surface area contributed by atoms with E-state index in [4.69, 9.17) is 9.47 Å². The number of benzene rings is 1. The average Bonchev–Trinajstić information content (AvgIpc) is 2.95. The fourth-order valence-corrected chi connectivity index (χ4v) is 1.69. The molecule has 1 heterocycles. The van der Waals surface area contributed by atoms with Gasteiger partial charge in [0.1, 0.15) is 12.1 Å². The Morgan fingerprint density at radius 1 is 1.29 bits per heavy atom. The first-order chi connectivity index (χ1) is 11.3. The van der Waals surface area contributed by atoms with Gasteiger partial charge in [0.05, 0.1) is 12.3 Å². The molecular formula is C14H14F3N3O4. The molecule has 0 saturated carbocycles. The standard InChI is InChI=1S/C14H14F3N3O4/c1-3-22-12(21)9(2)23-13-18-8-20(19-13)10-4-6-11(7-5-10)24-14(15,16)17/h4-9H,3H2,1-2H3. The van der Waals surface area contributed by atoms with Gasteiger partial charge < -0.3 is 14.2 Å². The topological polar surface area (TPSA) is 75.5 Å². The van der Waals surface area contributed by atoms with E-state index in [9.17, 15) is 18.0 Å². The second kappa shape index (κ2) is 7.20. The molecule has 2 aromatic rings. The Balaban J connectivity index is 2.03. The van der Waals surface area contributed by atoms with E-state index in [-0.39, 0.29) is 18.4 Å². The molecule has 0 aliphatic heterocycles. The summed E-state index contributed by atoms with van der Waals surface area (Å²) in [6, 6.07) is 4.97. The number of carbonyl (C=O) groups is 1. The Morgan fingerprint density at radius 3 is 2.54 bits per heavy atom. The van der Waals surface area contributed by atoms with Crippen molar-refractivity contribution < 1.29 is 32.2 Å². The summed E-state index contributed by atoms with van der Waals surface area (Å²) in [6.45, 7) is 3.38. The molecule has 24 heavy (non-hydrogen) atoms. The third-order valence-electron chi connectivity index (χ3n) is 2.71. The minimum atomic E-state index is -4.75. The van der Waals surface area contributed by atoms with Crippen LogP contribution in [0.4, 0.5) is 13.2 Å². The summed E-state index contributed by atoms with van der Waals surface area (Å²) in [5.41, 5.74) is 0.440. The molecule has 1 aromatic carbocycles. The molecule has 0 fully saturated rings. The zero-order valence-corrected chi connectivity index (χ0v) is 12.8. The van der Waals surface area contributed by atoms with E-state index in [1.165, 1.54) is 30.1 Å². The monoisotopic (exact) mass is 345 g/mol. The van der Waals surface area contributed by atoms with E-state index >= 15 is 0 Å². The Kier molecular flexibility index (Phi) is 5.27. The predicted octanol–water partition coefficient (Wildman–Crippen LogP) is 2.50. The molecule has 0 spiro atoms. The largest absolute Gasteiger partial charge is 0.573 e. The number of rotatable bonds is 6. The summed E-state index contributed by atoms with van der Waals surface area (Å²) in [5, 5.41) is 3.98. The number of hydrogen-bond acceptors (Lipinski definition) is 6. The van der Waals surface area contributed by atoms with E-state index < -0.39 is 18.4 Å². The molecule has 0 aliphatic carbocycles. The van der Waals surface area contributed by atoms with Gasteiger partial charge in [-0.2, -0.15) is 4.98 Å². The maximum absolute atomic E-state index is 12.1. The number of esters is 1. The van der Waals surface area contributed by atoms with Crippen LogP contribution >= 0.6 is 0 Å². The zero-order chi connectivity index (χ0) is 17.7. The van der Waals surface area contributed by atoms with Crippen LogP contribution in [-0.2, 0) is 9.53 Å². The number of halogens is 3. The molecule has 2 rings (SSSR count). The van der Waals surface area contributed by atoms with Crippen LogP contribution in [0.15, 0.2) is 30.6 Å². The van der Waals surface area contributed by atoms with E-state index in [1.807, 2.05) is 0 Å². The lowest BCUT2D eigenvalue weighted by Crippen LogP contribution is -2.26. The zero-order valence-electron chi connectivity index (χ0n) is 12.8. The van der Waals surface area contributed by atoms with Crippen molar-refractivity contribution in [3.8, 4) is 17.4 Å². The second-order valence-electron chi connectivity index (χ2n) is 4.53. The van der Waals surface area contributed by atoms with Gasteiger partial charge in [-0.25, -0.2) is 9.48 Å². The van der Waals surface area contributed by atoms with Crippen molar-refractivity contribution in [2.75, 3.05) is 6.61 Å². The first kappa shape index (κ1) is 17.6. The van der Waals surface area contributed by atoms with Crippen molar-refractivity contribution in [1.29, 1.82) is 0 Å². The molecule has 10 heteroatoms. The predicted molar refractivity (Wildman–Crippen MR) is 74.8 cm³/mol. The number of carbonyl (C=O) groups excluding carboxylic acids is 1. The minimum absolute atomic E-state index is 0.0637. The van der Waals surface area contributed by atoms with Crippen molar-refractivity contribution in [3.63, 3.8) is 0 Å². The van der Waals surface area contributed by atoms with Crippen LogP contribution in [0.25, 0.3) is 5.69 Å². The lowest BCUT2D eigenvalue weighted by Gasteiger charge is -2.10. The second-order valence-corrected chi connectivity index (χ2v) is 4.53. The van der Waals surface area contributed by atoms with E-state index in [0.717, 1.165) is 12.1 Å². The highest BCUT2D eigenvalue weighted by Gasteiger charge is 2.31. The molecule has 7 nitrogen and oxygen atoms in total. The summed E-state index contributed by atoms with van der Waals surface area (Å²) in [7, 11) is 0. The van der Waals surface area contributed by atoms with Crippen molar-refractivity contribution in [2.45, 2.75) is 26.3 Å². The number of alkyl halides is 3. The lowest BCUT2D eigenvalue weighted by atomic mass is 10.3. The van der Waals surface area contributed by atoms with Gasteiger partial charge in [0, 0.05) is 0 Å². The van der Waals surface area contributed by atoms with Gasteiger partial charge in [-0.1, -0.05) is 0 Å². The fourth-order valence-electron chi connectivity index (χ4n) is 1.69. The molecule has 130 valence electrons. The van der Waals surface area contributed by atoms with Crippen LogP contribution in [0.2, 0.25) is 0 Å². The van der Waals surface area contributed by atoms with Crippen LogP contribution in [-0.4, -0.2) is 39.8 Å². The number of aromatic nitrogens is 3. The molecule has 0 N–H and O–H groups in total. The fraction of sp³-hybridized carbons (Fsp3) is 0.357. The molecule has 0 saturated heterocycles. The molecule has 0 amide bonds. The summed E-state index contributed by atoms with van der Waals surface area (Å²) >= 11 is 0. The van der Waals surface area contributed by atoms with Crippen LogP contribution in [0.1, 0.15) is 13.8 Å². The van der Waals surface area contributed by atoms with Gasteiger partial charge in [-0.3, -0.25) is 0 Å². The van der Waals surface area contributed by atoms with Crippen LogP contribution in [0.5, 0.6) is 11.8 Å². The smallest absolute Gasteiger partial charge is 0.463 e. The van der Waals surface area contributed by atoms with Crippen molar-refractivity contribution in [2.24, 2.45) is 0 Å². The first-order valence-corrected chi connectivity index (χ1v) is 6.89. The quantitative estimate of drug-likeness (QED) is 0.749. The Labute approximate surface area is 135 Å².